The van der Waals surface area contributed by atoms with Crippen molar-refractivity contribution in [2.45, 2.75) is 19.5 Å². The number of aliphatic hydroxyl groups excluding tert-OH is 1. The van der Waals surface area contributed by atoms with Gasteiger partial charge < -0.3 is 14.4 Å². The highest BCUT2D eigenvalue weighted by molar-refractivity contribution is 6.46. The van der Waals surface area contributed by atoms with E-state index in [4.69, 9.17) is 4.42 Å². The number of hydrogen-bond donors (Lipinski definition) is 1. The van der Waals surface area contributed by atoms with E-state index in [0.29, 0.717) is 11.3 Å². The van der Waals surface area contributed by atoms with Crippen LogP contribution < -0.4 is 0 Å². The lowest BCUT2D eigenvalue weighted by atomic mass is 9.95. The van der Waals surface area contributed by atoms with Crippen molar-refractivity contribution in [1.82, 2.24) is 4.90 Å². The molecule has 1 aliphatic heterocycles. The number of nitrogens with zero attached hydrogens (tertiary/aromatic N) is 1. The smallest absolute Gasteiger partial charge is 0.296 e. The number of amides is 1. The third-order valence-corrected chi connectivity index (χ3v) is 4.89. The van der Waals surface area contributed by atoms with Gasteiger partial charge in [0.15, 0.2) is 0 Å². The summed E-state index contributed by atoms with van der Waals surface area (Å²) in [5.74, 6) is -0.955. The molecule has 140 valence electrons. The fourth-order valence-electron chi connectivity index (χ4n) is 3.46. The van der Waals surface area contributed by atoms with E-state index < -0.39 is 17.7 Å². The Morgan fingerprint density at radius 1 is 1.00 bits per heavy atom. The van der Waals surface area contributed by atoms with Crippen LogP contribution in [0.5, 0.6) is 0 Å². The van der Waals surface area contributed by atoms with Gasteiger partial charge in [0.2, 0.25) is 0 Å². The van der Waals surface area contributed by atoms with Crippen LogP contribution in [0.25, 0.3) is 5.76 Å². The molecule has 0 bridgehead atoms. The second kappa shape index (κ2) is 7.19. The Morgan fingerprint density at radius 2 is 1.71 bits per heavy atom. The Kier molecular flexibility index (Phi) is 4.57. The Bertz CT molecular complexity index is 1030. The van der Waals surface area contributed by atoms with Gasteiger partial charge in [-0.2, -0.15) is 0 Å². The van der Waals surface area contributed by atoms with E-state index in [1.165, 1.54) is 11.2 Å². The maximum Gasteiger partial charge on any atom is 0.296 e. The van der Waals surface area contributed by atoms with Crippen LogP contribution in [0.4, 0.5) is 0 Å². The summed E-state index contributed by atoms with van der Waals surface area (Å²) >= 11 is 0. The topological polar surface area (TPSA) is 70.8 Å². The molecule has 0 saturated carbocycles. The molecule has 1 saturated heterocycles. The van der Waals surface area contributed by atoms with Crippen LogP contribution in [0.15, 0.2) is 83.0 Å². The SMILES string of the molecule is Cc1ccc([C@H]2/C(=C(\O)c3ccccc3)C(=O)C(=O)N2Cc2ccco2)cc1. The third-order valence-electron chi connectivity index (χ3n) is 4.89. The molecule has 2 heterocycles. The van der Waals surface area contributed by atoms with E-state index in [2.05, 4.69) is 0 Å². The molecule has 0 spiro atoms. The highest BCUT2D eigenvalue weighted by Crippen LogP contribution is 2.40. The zero-order chi connectivity index (χ0) is 19.7. The maximum atomic E-state index is 12.9. The van der Waals surface area contributed by atoms with E-state index in [0.717, 1.165) is 11.1 Å². The number of benzene rings is 2. The fourth-order valence-corrected chi connectivity index (χ4v) is 3.46. The van der Waals surface area contributed by atoms with Crippen molar-refractivity contribution < 1.29 is 19.1 Å². The van der Waals surface area contributed by atoms with Crippen molar-refractivity contribution >= 4 is 17.4 Å². The number of likely N-dealkylation sites (tertiary alicyclic amines) is 1. The Labute approximate surface area is 162 Å². The lowest BCUT2D eigenvalue weighted by molar-refractivity contribution is -0.140. The summed E-state index contributed by atoms with van der Waals surface area (Å²) in [6.45, 7) is 2.11. The molecule has 0 unspecified atom stereocenters. The number of aliphatic hydroxyl groups is 1. The van der Waals surface area contributed by atoms with E-state index in [9.17, 15) is 14.7 Å². The van der Waals surface area contributed by atoms with Crippen molar-refractivity contribution in [3.63, 3.8) is 0 Å². The lowest BCUT2D eigenvalue weighted by Crippen LogP contribution is -2.29. The highest BCUT2D eigenvalue weighted by Gasteiger charge is 2.46. The Morgan fingerprint density at radius 3 is 2.36 bits per heavy atom. The third kappa shape index (κ3) is 3.11. The molecule has 1 atom stereocenters. The standard InChI is InChI=1S/C23H19NO4/c1-15-9-11-16(12-10-15)20-19(21(25)17-6-3-2-4-7-17)22(26)23(27)24(20)14-18-8-5-13-28-18/h2-13,20,25H,14H2,1H3/b21-19+/t20-/m0/s1. The summed E-state index contributed by atoms with van der Waals surface area (Å²) in [6.07, 6.45) is 1.52. The van der Waals surface area contributed by atoms with Crippen LogP contribution in [0, 0.1) is 6.92 Å². The molecule has 4 rings (SSSR count). The maximum absolute atomic E-state index is 12.9. The molecule has 1 N–H and O–H groups in total. The highest BCUT2D eigenvalue weighted by atomic mass is 16.3. The van der Waals surface area contributed by atoms with Crippen molar-refractivity contribution in [3.05, 3.63) is 101 Å². The van der Waals surface area contributed by atoms with Crippen LogP contribution in [0.3, 0.4) is 0 Å². The summed E-state index contributed by atoms with van der Waals surface area (Å²) in [4.78, 5) is 27.1. The van der Waals surface area contributed by atoms with Gasteiger partial charge in [0.05, 0.1) is 24.4 Å². The number of aryl methyl sites for hydroxylation is 1. The van der Waals surface area contributed by atoms with E-state index in [1.807, 2.05) is 37.3 Å². The van der Waals surface area contributed by atoms with Crippen molar-refractivity contribution in [2.75, 3.05) is 0 Å². The van der Waals surface area contributed by atoms with Gasteiger partial charge in [-0.05, 0) is 24.6 Å². The molecule has 5 nitrogen and oxygen atoms in total. The minimum atomic E-state index is -0.696. The van der Waals surface area contributed by atoms with Gasteiger partial charge in [-0.25, -0.2) is 0 Å². The first kappa shape index (κ1) is 17.8. The first-order valence-electron chi connectivity index (χ1n) is 8.99. The predicted octanol–water partition coefficient (Wildman–Crippen LogP) is 4.21. The summed E-state index contributed by atoms with van der Waals surface area (Å²) in [5.41, 5.74) is 2.41. The number of hydrogen-bond acceptors (Lipinski definition) is 4. The Hall–Kier alpha value is -3.60. The minimum absolute atomic E-state index is 0.0895. The van der Waals surface area contributed by atoms with Gasteiger partial charge in [0.25, 0.3) is 11.7 Å². The average Bonchev–Trinajstić information content (AvgIpc) is 3.31. The summed E-state index contributed by atoms with van der Waals surface area (Å²) in [6, 6.07) is 19.2. The molecule has 0 aliphatic carbocycles. The molecule has 28 heavy (non-hydrogen) atoms. The lowest BCUT2D eigenvalue weighted by Gasteiger charge is -2.24. The van der Waals surface area contributed by atoms with Crippen molar-refractivity contribution in [1.29, 1.82) is 0 Å². The normalized spacial score (nSPS) is 18.6. The molecule has 3 aromatic rings. The molecule has 1 amide bonds. The van der Waals surface area contributed by atoms with E-state index in [1.54, 1.807) is 36.4 Å². The second-order valence-electron chi connectivity index (χ2n) is 6.78. The number of Topliss-reactive ketones (excluding diaryl/α,β-unsaturated/α-hetero) is 1. The number of rotatable bonds is 4. The van der Waals surface area contributed by atoms with E-state index in [-0.39, 0.29) is 17.9 Å². The Balaban J connectivity index is 1.86. The number of carbonyl (C=O) groups excluding carboxylic acids is 2. The monoisotopic (exact) mass is 373 g/mol. The molecule has 2 aromatic carbocycles. The van der Waals surface area contributed by atoms with Crippen LogP contribution in [-0.2, 0) is 16.1 Å². The fraction of sp³-hybridized carbons (Fsp3) is 0.130. The predicted molar refractivity (Wildman–Crippen MR) is 104 cm³/mol. The molecule has 0 radical (unpaired) electrons. The summed E-state index contributed by atoms with van der Waals surface area (Å²) in [7, 11) is 0. The number of furan rings is 1. The largest absolute Gasteiger partial charge is 0.507 e. The van der Waals surface area contributed by atoms with E-state index >= 15 is 0 Å². The van der Waals surface area contributed by atoms with Gasteiger partial charge in [-0.3, -0.25) is 9.59 Å². The minimum Gasteiger partial charge on any atom is -0.507 e. The average molecular weight is 373 g/mol. The van der Waals surface area contributed by atoms with Gasteiger partial charge in [-0.15, -0.1) is 0 Å². The van der Waals surface area contributed by atoms with Crippen LogP contribution in [0.1, 0.15) is 28.5 Å². The van der Waals surface area contributed by atoms with Crippen LogP contribution in [0.2, 0.25) is 0 Å². The zero-order valence-electron chi connectivity index (χ0n) is 15.3. The number of ketones is 1. The molecular formula is C23H19NO4. The summed E-state index contributed by atoms with van der Waals surface area (Å²) in [5, 5.41) is 10.9. The van der Waals surface area contributed by atoms with Gasteiger partial charge >= 0.3 is 0 Å². The quantitative estimate of drug-likeness (QED) is 0.422. The first-order chi connectivity index (χ1) is 13.6. The molecule has 1 aromatic heterocycles. The summed E-state index contributed by atoms with van der Waals surface area (Å²) < 4.78 is 5.38. The van der Waals surface area contributed by atoms with Gasteiger partial charge in [0.1, 0.15) is 11.5 Å². The van der Waals surface area contributed by atoms with Gasteiger partial charge in [-0.1, -0.05) is 60.2 Å². The van der Waals surface area contributed by atoms with Crippen molar-refractivity contribution in [3.8, 4) is 0 Å². The molecule has 5 heteroatoms. The zero-order valence-corrected chi connectivity index (χ0v) is 15.3. The van der Waals surface area contributed by atoms with Crippen LogP contribution >= 0.6 is 0 Å². The second-order valence-corrected chi connectivity index (χ2v) is 6.78. The van der Waals surface area contributed by atoms with Crippen LogP contribution in [-0.4, -0.2) is 21.7 Å². The molecule has 1 fully saturated rings. The first-order valence-corrected chi connectivity index (χ1v) is 8.99. The van der Waals surface area contributed by atoms with Crippen molar-refractivity contribution in [2.24, 2.45) is 0 Å². The molecule has 1 aliphatic rings. The number of carbonyl (C=O) groups is 2. The molecular weight excluding hydrogens is 354 g/mol. The van der Waals surface area contributed by atoms with Gasteiger partial charge in [0, 0.05) is 5.56 Å².